The molecule has 0 aromatic heterocycles. The van der Waals surface area contributed by atoms with E-state index >= 15 is 0 Å². The van der Waals surface area contributed by atoms with E-state index < -0.39 is 40.8 Å². The van der Waals surface area contributed by atoms with Gasteiger partial charge in [0.15, 0.2) is 0 Å². The molecule has 0 N–H and O–H groups in total. The Morgan fingerprint density at radius 1 is 0.773 bits per heavy atom. The molecule has 0 amide bonds. The normalized spacial score (nSPS) is 12.3. The summed E-state index contributed by atoms with van der Waals surface area (Å²) in [5.41, 5.74) is -3.01. The molecule has 2 rings (SSSR count). The van der Waals surface area contributed by atoms with Crippen molar-refractivity contribution in [2.24, 2.45) is 0 Å². The molecule has 0 saturated carbocycles. The molecule has 0 atom stereocenters. The van der Waals surface area contributed by atoms with Gasteiger partial charge in [0.1, 0.15) is 11.6 Å². The standard InChI is InChI=1S/C14H7F7O/c15-10-6-3-5-9(13(16,17)18)12(10)8-4-1-2-7-11(8)22-14(19,20)21/h1-7H. The van der Waals surface area contributed by atoms with Crippen LogP contribution in [0.25, 0.3) is 11.1 Å². The molecule has 0 heterocycles. The molecule has 2 aromatic carbocycles. The first-order valence-corrected chi connectivity index (χ1v) is 5.80. The van der Waals surface area contributed by atoms with Crippen LogP contribution in [0.1, 0.15) is 5.56 Å². The predicted molar refractivity (Wildman–Crippen MR) is 63.5 cm³/mol. The Bertz CT molecular complexity index is 674. The van der Waals surface area contributed by atoms with E-state index in [1.54, 1.807) is 0 Å². The van der Waals surface area contributed by atoms with Crippen molar-refractivity contribution in [2.75, 3.05) is 0 Å². The SMILES string of the molecule is Fc1cccc(C(F)(F)F)c1-c1ccccc1OC(F)(F)F. The lowest BCUT2D eigenvalue weighted by Gasteiger charge is -2.17. The van der Waals surface area contributed by atoms with Gasteiger partial charge in [0.2, 0.25) is 0 Å². The van der Waals surface area contributed by atoms with Gasteiger partial charge in [-0.05, 0) is 18.2 Å². The second-order valence-corrected chi connectivity index (χ2v) is 4.20. The number of hydrogen-bond donors (Lipinski definition) is 0. The largest absolute Gasteiger partial charge is 0.573 e. The number of ether oxygens (including phenoxy) is 1. The Kier molecular flexibility index (Phi) is 4.04. The molecule has 0 aliphatic carbocycles. The second-order valence-electron chi connectivity index (χ2n) is 4.20. The maximum Gasteiger partial charge on any atom is 0.573 e. The zero-order valence-corrected chi connectivity index (χ0v) is 10.6. The number of hydrogen-bond acceptors (Lipinski definition) is 1. The van der Waals surface area contributed by atoms with Crippen LogP contribution >= 0.6 is 0 Å². The third-order valence-electron chi connectivity index (χ3n) is 2.70. The minimum absolute atomic E-state index is 0.586. The summed E-state index contributed by atoms with van der Waals surface area (Å²) >= 11 is 0. The molecule has 0 aliphatic rings. The van der Waals surface area contributed by atoms with E-state index in [1.165, 1.54) is 6.07 Å². The minimum Gasteiger partial charge on any atom is -0.405 e. The summed E-state index contributed by atoms with van der Waals surface area (Å²) in [4.78, 5) is 0. The van der Waals surface area contributed by atoms with E-state index in [-0.39, 0.29) is 0 Å². The number of halogens is 7. The molecule has 1 nitrogen and oxygen atoms in total. The van der Waals surface area contributed by atoms with Crippen LogP contribution in [0.15, 0.2) is 42.5 Å². The summed E-state index contributed by atoms with van der Waals surface area (Å²) in [6.45, 7) is 0. The van der Waals surface area contributed by atoms with Crippen LogP contribution in [-0.2, 0) is 6.18 Å². The highest BCUT2D eigenvalue weighted by molar-refractivity contribution is 5.74. The van der Waals surface area contributed by atoms with Gasteiger partial charge in [0.05, 0.1) is 5.56 Å². The van der Waals surface area contributed by atoms with Gasteiger partial charge in [-0.2, -0.15) is 13.2 Å². The van der Waals surface area contributed by atoms with Crippen LogP contribution in [0.3, 0.4) is 0 Å². The van der Waals surface area contributed by atoms with Gasteiger partial charge in [-0.3, -0.25) is 0 Å². The monoisotopic (exact) mass is 324 g/mol. The Morgan fingerprint density at radius 2 is 1.41 bits per heavy atom. The van der Waals surface area contributed by atoms with E-state index in [9.17, 15) is 30.7 Å². The van der Waals surface area contributed by atoms with E-state index in [4.69, 9.17) is 0 Å². The van der Waals surface area contributed by atoms with Gasteiger partial charge in [0, 0.05) is 11.1 Å². The number of para-hydroxylation sites is 1. The summed E-state index contributed by atoms with van der Waals surface area (Å²) < 4.78 is 93.4. The van der Waals surface area contributed by atoms with Crippen molar-refractivity contribution < 1.29 is 35.5 Å². The third-order valence-corrected chi connectivity index (χ3v) is 2.70. The Morgan fingerprint density at radius 3 is 2.00 bits per heavy atom. The highest BCUT2D eigenvalue weighted by Gasteiger charge is 2.37. The van der Waals surface area contributed by atoms with Gasteiger partial charge in [-0.1, -0.05) is 24.3 Å². The van der Waals surface area contributed by atoms with E-state index in [2.05, 4.69) is 4.74 Å². The topological polar surface area (TPSA) is 9.23 Å². The average molecular weight is 324 g/mol. The molecule has 118 valence electrons. The Balaban J connectivity index is 2.68. The fourth-order valence-electron chi connectivity index (χ4n) is 1.92. The first-order valence-electron chi connectivity index (χ1n) is 5.80. The minimum atomic E-state index is -5.11. The highest BCUT2D eigenvalue weighted by Crippen LogP contribution is 2.42. The molecule has 0 bridgehead atoms. The molecular weight excluding hydrogens is 317 g/mol. The highest BCUT2D eigenvalue weighted by atomic mass is 19.4. The lowest BCUT2D eigenvalue weighted by Crippen LogP contribution is -2.18. The summed E-state index contributed by atoms with van der Waals surface area (Å²) in [5, 5.41) is 0. The summed E-state index contributed by atoms with van der Waals surface area (Å²) in [7, 11) is 0. The van der Waals surface area contributed by atoms with Crippen molar-refractivity contribution in [1.82, 2.24) is 0 Å². The summed E-state index contributed by atoms with van der Waals surface area (Å²) in [5.74, 6) is -2.21. The molecule has 0 saturated heterocycles. The fourth-order valence-corrected chi connectivity index (χ4v) is 1.92. The van der Waals surface area contributed by atoms with Gasteiger partial charge in [0.25, 0.3) is 0 Å². The number of rotatable bonds is 2. The van der Waals surface area contributed by atoms with Crippen LogP contribution < -0.4 is 4.74 Å². The lowest BCUT2D eigenvalue weighted by atomic mass is 9.98. The molecule has 0 unspecified atom stereocenters. The van der Waals surface area contributed by atoms with Gasteiger partial charge < -0.3 is 4.74 Å². The molecule has 0 aliphatic heterocycles. The van der Waals surface area contributed by atoms with E-state index in [1.807, 2.05) is 0 Å². The molecule has 0 radical (unpaired) electrons. The first-order chi connectivity index (χ1) is 10.1. The quantitative estimate of drug-likeness (QED) is 0.671. The summed E-state index contributed by atoms with van der Waals surface area (Å²) in [6, 6.07) is 6.21. The van der Waals surface area contributed by atoms with Crippen LogP contribution in [0, 0.1) is 5.82 Å². The number of benzene rings is 2. The molecule has 2 aromatic rings. The van der Waals surface area contributed by atoms with Gasteiger partial charge in [-0.15, -0.1) is 13.2 Å². The lowest BCUT2D eigenvalue weighted by molar-refractivity contribution is -0.274. The Labute approximate surface area is 119 Å². The van der Waals surface area contributed by atoms with Crippen molar-refractivity contribution in [3.63, 3.8) is 0 Å². The first kappa shape index (κ1) is 16.1. The molecular formula is C14H7F7O. The molecule has 0 fully saturated rings. The number of alkyl halides is 6. The smallest absolute Gasteiger partial charge is 0.405 e. The Hall–Kier alpha value is -2.25. The second kappa shape index (κ2) is 5.51. The van der Waals surface area contributed by atoms with Crippen LogP contribution in [-0.4, -0.2) is 6.36 Å². The van der Waals surface area contributed by atoms with Gasteiger partial charge >= 0.3 is 12.5 Å². The molecule has 8 heteroatoms. The van der Waals surface area contributed by atoms with Crippen molar-refractivity contribution >= 4 is 0 Å². The van der Waals surface area contributed by atoms with Crippen molar-refractivity contribution in [1.29, 1.82) is 0 Å². The fraction of sp³-hybridized carbons (Fsp3) is 0.143. The van der Waals surface area contributed by atoms with Gasteiger partial charge in [-0.25, -0.2) is 4.39 Å². The maximum absolute atomic E-state index is 13.8. The predicted octanol–water partition coefficient (Wildman–Crippen LogP) is 5.41. The molecule has 22 heavy (non-hydrogen) atoms. The van der Waals surface area contributed by atoms with Crippen molar-refractivity contribution in [3.05, 3.63) is 53.8 Å². The van der Waals surface area contributed by atoms with E-state index in [0.29, 0.717) is 6.07 Å². The van der Waals surface area contributed by atoms with E-state index in [0.717, 1.165) is 30.3 Å². The van der Waals surface area contributed by atoms with Crippen LogP contribution in [0.2, 0.25) is 0 Å². The maximum atomic E-state index is 13.8. The molecule has 0 spiro atoms. The van der Waals surface area contributed by atoms with Crippen molar-refractivity contribution in [2.45, 2.75) is 12.5 Å². The van der Waals surface area contributed by atoms with Crippen molar-refractivity contribution in [3.8, 4) is 16.9 Å². The van der Waals surface area contributed by atoms with Crippen LogP contribution in [0.4, 0.5) is 30.7 Å². The summed E-state index contributed by atoms with van der Waals surface area (Å²) in [6.07, 6.45) is -10.0. The average Bonchev–Trinajstić information content (AvgIpc) is 2.36. The zero-order valence-electron chi connectivity index (χ0n) is 10.6. The van der Waals surface area contributed by atoms with Crippen LogP contribution in [0.5, 0.6) is 5.75 Å². The zero-order chi connectivity index (χ0) is 16.5. The third kappa shape index (κ3) is 3.49.